The first-order chi connectivity index (χ1) is 10.6. The largest absolute Gasteiger partial charge is 0.368 e. The molecule has 3 rings (SSSR count). The van der Waals surface area contributed by atoms with Gasteiger partial charge >= 0.3 is 0 Å². The van der Waals surface area contributed by atoms with Crippen LogP contribution in [0, 0.1) is 0 Å². The lowest BCUT2D eigenvalue weighted by atomic mass is 9.98. The normalized spacial score (nSPS) is 15.8. The molecule has 0 bridgehead atoms. The van der Waals surface area contributed by atoms with Gasteiger partial charge in [0.25, 0.3) is 5.56 Å². The number of hydrogen-bond acceptors (Lipinski definition) is 5. The van der Waals surface area contributed by atoms with Crippen LogP contribution in [0.15, 0.2) is 35.4 Å². The molecule has 112 valence electrons. The van der Waals surface area contributed by atoms with E-state index in [1.165, 1.54) is 6.20 Å². The summed E-state index contributed by atoms with van der Waals surface area (Å²) in [5.41, 5.74) is 1.76. The maximum absolute atomic E-state index is 11.7. The molecule has 0 aromatic carbocycles. The number of nitrogens with one attached hydrogen (secondary N) is 2. The number of hydrogen-bond donors (Lipinski definition) is 2. The van der Waals surface area contributed by atoms with Crippen LogP contribution in [0.5, 0.6) is 0 Å². The van der Waals surface area contributed by atoms with Crippen molar-refractivity contribution in [1.29, 1.82) is 0 Å². The number of aromatic nitrogens is 2. The second-order valence-corrected chi connectivity index (χ2v) is 5.49. The lowest BCUT2D eigenvalue weighted by Crippen LogP contribution is -2.44. The van der Waals surface area contributed by atoms with Gasteiger partial charge in [-0.3, -0.25) is 4.79 Å². The van der Waals surface area contributed by atoms with Gasteiger partial charge in [-0.2, -0.15) is 0 Å². The molecule has 2 N–H and O–H groups in total. The summed E-state index contributed by atoms with van der Waals surface area (Å²) in [5, 5.41) is 2.99. The van der Waals surface area contributed by atoms with Crippen LogP contribution in [-0.4, -0.2) is 55.9 Å². The summed E-state index contributed by atoms with van der Waals surface area (Å²) in [6, 6.07) is 5.48. The van der Waals surface area contributed by atoms with E-state index in [2.05, 4.69) is 32.1 Å². The molecule has 1 fully saturated rings. The molecular formula is C15H18BN5O. The molecule has 0 amide bonds. The summed E-state index contributed by atoms with van der Waals surface area (Å²) in [5.74, 6) is 0.619. The third-order valence-corrected chi connectivity index (χ3v) is 3.80. The lowest BCUT2D eigenvalue weighted by molar-refractivity contribution is 0.313. The Kier molecular flexibility index (Phi) is 4.15. The Labute approximate surface area is 130 Å². The molecule has 0 spiro atoms. The van der Waals surface area contributed by atoms with Crippen LogP contribution in [0.4, 0.5) is 17.2 Å². The molecule has 6 nitrogen and oxygen atoms in total. The van der Waals surface area contributed by atoms with Gasteiger partial charge in [0.2, 0.25) is 0 Å². The standard InChI is InChI=1S/C15H18BN5O/c1-20-4-6-21(7-5-20)12-2-3-14(17-10-12)19-13-8-11(16)9-18-15(13)22/h2-3,8-10H,4-7H2,1H3,(H,17,19)(H,18,22). The first kappa shape index (κ1) is 14.7. The first-order valence-corrected chi connectivity index (χ1v) is 7.26. The van der Waals surface area contributed by atoms with E-state index in [0.29, 0.717) is 17.0 Å². The van der Waals surface area contributed by atoms with Crippen LogP contribution in [-0.2, 0) is 0 Å². The zero-order valence-electron chi connectivity index (χ0n) is 12.5. The fraction of sp³-hybridized carbons (Fsp3) is 0.333. The number of rotatable bonds is 3. The molecular weight excluding hydrogens is 277 g/mol. The molecule has 1 saturated heterocycles. The van der Waals surface area contributed by atoms with E-state index >= 15 is 0 Å². The third kappa shape index (κ3) is 3.31. The number of nitrogens with zero attached hydrogens (tertiary/aromatic N) is 3. The van der Waals surface area contributed by atoms with Crippen molar-refractivity contribution in [2.45, 2.75) is 0 Å². The summed E-state index contributed by atoms with van der Waals surface area (Å²) in [7, 11) is 7.80. The van der Waals surface area contributed by atoms with E-state index in [0.717, 1.165) is 31.9 Å². The van der Waals surface area contributed by atoms with E-state index in [4.69, 9.17) is 7.85 Å². The minimum Gasteiger partial charge on any atom is -0.368 e. The highest BCUT2D eigenvalue weighted by molar-refractivity contribution is 6.32. The van der Waals surface area contributed by atoms with E-state index < -0.39 is 0 Å². The van der Waals surface area contributed by atoms with Gasteiger partial charge in [0, 0.05) is 26.2 Å². The topological polar surface area (TPSA) is 64.3 Å². The van der Waals surface area contributed by atoms with Gasteiger partial charge in [-0.25, -0.2) is 4.98 Å². The van der Waals surface area contributed by atoms with Crippen LogP contribution >= 0.6 is 0 Å². The predicted octanol–water partition coefficient (Wildman–Crippen LogP) is 0.0591. The van der Waals surface area contributed by atoms with Crippen molar-refractivity contribution in [2.75, 3.05) is 43.4 Å². The zero-order valence-corrected chi connectivity index (χ0v) is 12.5. The minimum absolute atomic E-state index is 0.223. The monoisotopic (exact) mass is 295 g/mol. The van der Waals surface area contributed by atoms with Crippen LogP contribution in [0.1, 0.15) is 0 Å². The molecule has 1 aliphatic rings. The smallest absolute Gasteiger partial charge is 0.271 e. The average Bonchev–Trinajstić information content (AvgIpc) is 2.53. The fourth-order valence-electron chi connectivity index (χ4n) is 2.44. The minimum atomic E-state index is -0.223. The predicted molar refractivity (Wildman–Crippen MR) is 89.7 cm³/mol. The highest BCUT2D eigenvalue weighted by Gasteiger charge is 2.14. The van der Waals surface area contributed by atoms with Crippen LogP contribution in [0.25, 0.3) is 0 Å². The van der Waals surface area contributed by atoms with Crippen molar-refractivity contribution >= 4 is 30.5 Å². The van der Waals surface area contributed by atoms with Gasteiger partial charge in [0.15, 0.2) is 0 Å². The molecule has 0 atom stereocenters. The van der Waals surface area contributed by atoms with Crippen molar-refractivity contribution in [3.8, 4) is 0 Å². The number of piperazine rings is 1. The maximum Gasteiger partial charge on any atom is 0.271 e. The molecule has 2 aromatic rings. The van der Waals surface area contributed by atoms with E-state index in [9.17, 15) is 4.79 Å². The molecule has 2 aromatic heterocycles. The van der Waals surface area contributed by atoms with Gasteiger partial charge in [-0.05, 0) is 31.4 Å². The SMILES string of the molecule is [B]c1c[nH]c(=O)c(Nc2ccc(N3CCN(C)CC3)cn2)c1. The van der Waals surface area contributed by atoms with Gasteiger partial charge in [0.1, 0.15) is 19.4 Å². The van der Waals surface area contributed by atoms with Gasteiger partial charge in [0.05, 0.1) is 11.9 Å². The van der Waals surface area contributed by atoms with Crippen molar-refractivity contribution in [3.05, 3.63) is 40.9 Å². The first-order valence-electron chi connectivity index (χ1n) is 7.26. The Hall–Kier alpha value is -2.28. The second kappa shape index (κ2) is 6.23. The van der Waals surface area contributed by atoms with E-state index in [1.54, 1.807) is 6.07 Å². The molecule has 22 heavy (non-hydrogen) atoms. The highest BCUT2D eigenvalue weighted by Crippen LogP contribution is 2.18. The Bertz CT molecular complexity index is 692. The Balaban J connectivity index is 1.71. The van der Waals surface area contributed by atoms with E-state index in [-0.39, 0.29) is 5.56 Å². The quantitative estimate of drug-likeness (QED) is 0.784. The lowest BCUT2D eigenvalue weighted by Gasteiger charge is -2.33. The summed E-state index contributed by atoms with van der Waals surface area (Å²) in [6.07, 6.45) is 3.30. The number of anilines is 3. The van der Waals surface area contributed by atoms with Gasteiger partial charge in [-0.15, -0.1) is 0 Å². The van der Waals surface area contributed by atoms with Crippen LogP contribution in [0.2, 0.25) is 0 Å². The molecule has 1 aliphatic heterocycles. The third-order valence-electron chi connectivity index (χ3n) is 3.80. The number of pyridine rings is 2. The van der Waals surface area contributed by atoms with E-state index in [1.807, 2.05) is 18.3 Å². The molecule has 2 radical (unpaired) electrons. The summed E-state index contributed by atoms with van der Waals surface area (Å²) < 4.78 is 0. The highest BCUT2D eigenvalue weighted by atomic mass is 16.1. The van der Waals surface area contributed by atoms with Crippen LogP contribution < -0.4 is 21.2 Å². The van der Waals surface area contributed by atoms with Gasteiger partial charge in [-0.1, -0.05) is 5.46 Å². The van der Waals surface area contributed by atoms with Crippen molar-refractivity contribution in [2.24, 2.45) is 0 Å². The van der Waals surface area contributed by atoms with Gasteiger partial charge < -0.3 is 20.1 Å². The molecule has 0 unspecified atom stereocenters. The Morgan fingerprint density at radius 1 is 1.27 bits per heavy atom. The Morgan fingerprint density at radius 2 is 2.05 bits per heavy atom. The summed E-state index contributed by atoms with van der Waals surface area (Å²) in [4.78, 5) is 23.3. The number of H-pyrrole nitrogens is 1. The molecule has 7 heteroatoms. The van der Waals surface area contributed by atoms with Crippen molar-refractivity contribution in [1.82, 2.24) is 14.9 Å². The van der Waals surface area contributed by atoms with Crippen molar-refractivity contribution in [3.63, 3.8) is 0 Å². The number of aromatic amines is 1. The fourth-order valence-corrected chi connectivity index (χ4v) is 2.44. The van der Waals surface area contributed by atoms with Crippen molar-refractivity contribution < 1.29 is 0 Å². The van der Waals surface area contributed by atoms with Crippen LogP contribution in [0.3, 0.4) is 0 Å². The second-order valence-electron chi connectivity index (χ2n) is 5.49. The summed E-state index contributed by atoms with van der Waals surface area (Å²) in [6.45, 7) is 4.11. The Morgan fingerprint density at radius 3 is 2.73 bits per heavy atom. The number of likely N-dealkylation sites (N-methyl/N-ethyl adjacent to an activating group) is 1. The molecule has 3 heterocycles. The zero-order chi connectivity index (χ0) is 15.5. The molecule has 0 aliphatic carbocycles. The average molecular weight is 295 g/mol. The summed E-state index contributed by atoms with van der Waals surface area (Å²) >= 11 is 0. The molecule has 0 saturated carbocycles. The maximum atomic E-state index is 11.7.